The molecule has 5 heteroatoms. The van der Waals surface area contributed by atoms with Gasteiger partial charge in [-0.1, -0.05) is 6.92 Å². The first-order valence-corrected chi connectivity index (χ1v) is 3.44. The van der Waals surface area contributed by atoms with Gasteiger partial charge in [-0.25, -0.2) is 5.43 Å². The average Bonchev–Trinajstić information content (AvgIpc) is 1.97. The highest BCUT2D eigenvalue weighted by Gasteiger charge is 1.99. The average molecular weight is 159 g/mol. The van der Waals surface area contributed by atoms with Crippen LogP contribution in [0.1, 0.15) is 13.3 Å². The van der Waals surface area contributed by atoms with Gasteiger partial charge in [0.25, 0.3) is 0 Å². The Morgan fingerprint density at radius 3 is 2.73 bits per heavy atom. The van der Waals surface area contributed by atoms with Gasteiger partial charge < -0.3 is 5.73 Å². The fourth-order valence-electron chi connectivity index (χ4n) is 0.589. The molecule has 64 valence electrons. The van der Waals surface area contributed by atoms with Crippen molar-refractivity contribution in [3.05, 3.63) is 0 Å². The Hall–Kier alpha value is -1.10. The van der Waals surface area contributed by atoms with Crippen LogP contribution in [0.15, 0.2) is 0 Å². The number of carbonyl (C=O) groups is 2. The molecule has 0 aliphatic carbocycles. The molecular weight excluding hydrogens is 146 g/mol. The molecule has 0 radical (unpaired) electrons. The maximum absolute atomic E-state index is 10.2. The quantitative estimate of drug-likeness (QED) is 0.379. The molecule has 0 aliphatic rings. The first kappa shape index (κ1) is 9.90. The van der Waals surface area contributed by atoms with Crippen molar-refractivity contribution in [3.8, 4) is 0 Å². The van der Waals surface area contributed by atoms with Gasteiger partial charge in [-0.15, -0.1) is 0 Å². The van der Waals surface area contributed by atoms with Crippen molar-refractivity contribution < 1.29 is 9.59 Å². The van der Waals surface area contributed by atoms with Gasteiger partial charge in [0.15, 0.2) is 0 Å². The summed E-state index contributed by atoms with van der Waals surface area (Å²) in [4.78, 5) is 20.5. The minimum absolute atomic E-state index is 0.00125. The monoisotopic (exact) mass is 159 g/mol. The van der Waals surface area contributed by atoms with Crippen molar-refractivity contribution in [2.45, 2.75) is 13.3 Å². The number of amides is 2. The third kappa shape index (κ3) is 5.35. The van der Waals surface area contributed by atoms with Crippen LogP contribution in [0.5, 0.6) is 0 Å². The van der Waals surface area contributed by atoms with Gasteiger partial charge in [-0.2, -0.15) is 0 Å². The van der Waals surface area contributed by atoms with E-state index in [4.69, 9.17) is 5.73 Å². The van der Waals surface area contributed by atoms with Gasteiger partial charge in [0.1, 0.15) is 0 Å². The zero-order valence-corrected chi connectivity index (χ0v) is 6.54. The number of rotatable bonds is 6. The third-order valence-corrected chi connectivity index (χ3v) is 1.05. The van der Waals surface area contributed by atoms with Crippen LogP contribution in [0.25, 0.3) is 0 Å². The molecule has 11 heavy (non-hydrogen) atoms. The van der Waals surface area contributed by atoms with E-state index in [1.807, 2.05) is 6.92 Å². The Kier molecular flexibility index (Phi) is 5.10. The lowest BCUT2D eigenvalue weighted by Gasteiger charge is -2.15. The molecule has 2 amide bonds. The molecule has 5 nitrogen and oxygen atoms in total. The van der Waals surface area contributed by atoms with Crippen LogP contribution in [0, 0.1) is 0 Å². The molecule has 0 atom stereocenters. The molecular formula is C6H13N3O2. The molecule has 0 saturated carbocycles. The van der Waals surface area contributed by atoms with E-state index in [0.717, 1.165) is 6.42 Å². The van der Waals surface area contributed by atoms with Crippen molar-refractivity contribution in [2.75, 3.05) is 13.1 Å². The van der Waals surface area contributed by atoms with Crippen molar-refractivity contribution in [3.63, 3.8) is 0 Å². The number of nitrogens with one attached hydrogen (secondary N) is 1. The van der Waals surface area contributed by atoms with E-state index < -0.39 is 5.91 Å². The molecule has 0 rings (SSSR count). The summed E-state index contributed by atoms with van der Waals surface area (Å²) < 4.78 is 0. The van der Waals surface area contributed by atoms with E-state index in [9.17, 15) is 9.59 Å². The highest BCUT2D eigenvalue weighted by Crippen LogP contribution is 1.79. The smallest absolute Gasteiger partial charge is 0.233 e. The van der Waals surface area contributed by atoms with Gasteiger partial charge in [-0.05, 0) is 6.42 Å². The fourth-order valence-corrected chi connectivity index (χ4v) is 0.589. The summed E-state index contributed by atoms with van der Waals surface area (Å²) in [6.07, 6.45) is 1.47. The van der Waals surface area contributed by atoms with E-state index in [1.54, 1.807) is 0 Å². The number of nitrogens with two attached hydrogens (primary N) is 1. The molecule has 0 unspecified atom stereocenters. The van der Waals surface area contributed by atoms with Crippen molar-refractivity contribution in [2.24, 2.45) is 5.73 Å². The predicted octanol–water partition coefficient (Wildman–Crippen LogP) is -1.16. The van der Waals surface area contributed by atoms with Crippen LogP contribution in [0.4, 0.5) is 0 Å². The molecule has 0 heterocycles. The fraction of sp³-hybridized carbons (Fsp3) is 0.667. The number of hydrazine groups is 1. The van der Waals surface area contributed by atoms with Gasteiger partial charge in [-0.3, -0.25) is 14.6 Å². The minimum atomic E-state index is -0.479. The van der Waals surface area contributed by atoms with Crippen LogP contribution >= 0.6 is 0 Å². The maximum atomic E-state index is 10.2. The van der Waals surface area contributed by atoms with Gasteiger partial charge in [0.2, 0.25) is 12.3 Å². The summed E-state index contributed by atoms with van der Waals surface area (Å²) in [6.45, 7) is 2.51. The largest absolute Gasteiger partial charge is 0.369 e. The molecule has 0 aromatic heterocycles. The highest BCUT2D eigenvalue weighted by atomic mass is 16.2. The van der Waals surface area contributed by atoms with Gasteiger partial charge >= 0.3 is 0 Å². The van der Waals surface area contributed by atoms with Crippen molar-refractivity contribution >= 4 is 12.3 Å². The van der Waals surface area contributed by atoms with Crippen LogP contribution in [-0.2, 0) is 9.59 Å². The van der Waals surface area contributed by atoms with E-state index in [1.165, 1.54) is 5.01 Å². The molecule has 3 N–H and O–H groups in total. The Balaban J connectivity index is 3.51. The van der Waals surface area contributed by atoms with Gasteiger partial charge in [0, 0.05) is 6.54 Å². The van der Waals surface area contributed by atoms with Crippen molar-refractivity contribution in [1.82, 2.24) is 10.4 Å². The second kappa shape index (κ2) is 5.67. The molecule has 0 fully saturated rings. The SMILES string of the molecule is CCCN(C=O)NCC(N)=O. The van der Waals surface area contributed by atoms with E-state index in [-0.39, 0.29) is 6.54 Å². The first-order valence-electron chi connectivity index (χ1n) is 3.44. The summed E-state index contributed by atoms with van der Waals surface area (Å²) in [5, 5.41) is 1.30. The lowest BCUT2D eigenvalue weighted by atomic mass is 10.5. The summed E-state index contributed by atoms with van der Waals surface area (Å²) in [6, 6.07) is 0. The second-order valence-corrected chi connectivity index (χ2v) is 2.10. The van der Waals surface area contributed by atoms with Crippen LogP contribution < -0.4 is 11.2 Å². The zero-order valence-electron chi connectivity index (χ0n) is 6.54. The first-order chi connectivity index (χ1) is 5.20. The summed E-state index contributed by atoms with van der Waals surface area (Å²) in [5.41, 5.74) is 7.41. The van der Waals surface area contributed by atoms with E-state index >= 15 is 0 Å². The molecule has 0 aromatic rings. The van der Waals surface area contributed by atoms with E-state index in [0.29, 0.717) is 13.0 Å². The standard InChI is InChI=1S/C6H13N3O2/c1-2-3-9(5-10)8-4-6(7)11/h5,8H,2-4H2,1H3,(H2,7,11). The number of hydrogen-bond donors (Lipinski definition) is 2. The normalized spacial score (nSPS) is 9.18. The molecule has 0 bridgehead atoms. The Morgan fingerprint density at radius 2 is 2.36 bits per heavy atom. The summed E-state index contributed by atoms with van der Waals surface area (Å²) in [5.74, 6) is -0.479. The zero-order chi connectivity index (χ0) is 8.69. The lowest BCUT2D eigenvalue weighted by molar-refractivity contribution is -0.123. The minimum Gasteiger partial charge on any atom is -0.369 e. The number of nitrogens with zero attached hydrogens (tertiary/aromatic N) is 1. The molecule has 0 aliphatic heterocycles. The van der Waals surface area contributed by atoms with Crippen molar-refractivity contribution in [1.29, 1.82) is 0 Å². The van der Waals surface area contributed by atoms with Crippen LogP contribution in [-0.4, -0.2) is 30.4 Å². The Labute approximate surface area is 65.5 Å². The van der Waals surface area contributed by atoms with Crippen LogP contribution in [0.3, 0.4) is 0 Å². The van der Waals surface area contributed by atoms with Gasteiger partial charge in [0.05, 0.1) is 6.54 Å². The topological polar surface area (TPSA) is 75.4 Å². The summed E-state index contributed by atoms with van der Waals surface area (Å²) in [7, 11) is 0. The van der Waals surface area contributed by atoms with E-state index in [2.05, 4.69) is 5.43 Å². The van der Waals surface area contributed by atoms with Crippen LogP contribution in [0.2, 0.25) is 0 Å². The lowest BCUT2D eigenvalue weighted by Crippen LogP contribution is -2.42. The summed E-state index contributed by atoms with van der Waals surface area (Å²) >= 11 is 0. The number of primary amides is 1. The number of carbonyl (C=O) groups excluding carboxylic acids is 2. The highest BCUT2D eigenvalue weighted by molar-refractivity contribution is 5.76. The molecule has 0 spiro atoms. The Bertz CT molecular complexity index is 138. The second-order valence-electron chi connectivity index (χ2n) is 2.10. The molecule has 0 saturated heterocycles. The third-order valence-electron chi connectivity index (χ3n) is 1.05. The molecule has 0 aromatic carbocycles. The maximum Gasteiger partial charge on any atom is 0.233 e. The predicted molar refractivity (Wildman–Crippen MR) is 40.3 cm³/mol. The Morgan fingerprint density at radius 1 is 1.73 bits per heavy atom. The number of hydrogen-bond acceptors (Lipinski definition) is 3.